The van der Waals surface area contributed by atoms with Crippen LogP contribution in [0.5, 0.6) is 0 Å². The first-order valence-electron chi connectivity index (χ1n) is 3.91. The highest BCUT2D eigenvalue weighted by molar-refractivity contribution is 7.80. The highest BCUT2D eigenvalue weighted by Gasteiger charge is 2.32. The van der Waals surface area contributed by atoms with Crippen LogP contribution in [0.15, 0.2) is 18.2 Å². The third kappa shape index (κ3) is 2.82. The molecule has 0 atom stereocenters. The second kappa shape index (κ2) is 4.45. The second-order valence-electron chi connectivity index (χ2n) is 2.79. The average molecular weight is 241 g/mol. The van der Waals surface area contributed by atoms with Crippen LogP contribution in [0.1, 0.15) is 11.1 Å². The van der Waals surface area contributed by atoms with Crippen molar-refractivity contribution < 1.29 is 13.2 Å². The maximum atomic E-state index is 12.3. The highest BCUT2D eigenvalue weighted by atomic mass is 35.5. The summed E-state index contributed by atoms with van der Waals surface area (Å²) in [7, 11) is 0. The number of benzene rings is 1. The maximum Gasteiger partial charge on any atom is 0.417 e. The monoisotopic (exact) mass is 240 g/mol. The molecule has 0 N–H and O–H groups in total. The maximum absolute atomic E-state index is 12.3. The van der Waals surface area contributed by atoms with Crippen LogP contribution in [0, 0.1) is 0 Å². The van der Waals surface area contributed by atoms with Crippen LogP contribution in [0.3, 0.4) is 0 Å². The van der Waals surface area contributed by atoms with E-state index in [9.17, 15) is 13.2 Å². The molecule has 0 radical (unpaired) electrons. The molecule has 0 saturated heterocycles. The predicted octanol–water partition coefficient (Wildman–Crippen LogP) is 3.83. The SMILES string of the molecule is FC(F)(F)c1ccc(CCS)cc1Cl. The zero-order chi connectivity index (χ0) is 10.8. The van der Waals surface area contributed by atoms with E-state index in [1.54, 1.807) is 0 Å². The molecule has 0 spiro atoms. The Morgan fingerprint density at radius 1 is 1.29 bits per heavy atom. The fourth-order valence-corrected chi connectivity index (χ4v) is 1.64. The van der Waals surface area contributed by atoms with Gasteiger partial charge in [-0.1, -0.05) is 17.7 Å². The van der Waals surface area contributed by atoms with E-state index in [0.29, 0.717) is 12.2 Å². The molecule has 0 fully saturated rings. The molecule has 0 heterocycles. The Bertz CT molecular complexity index is 322. The van der Waals surface area contributed by atoms with E-state index in [1.807, 2.05) is 0 Å². The van der Waals surface area contributed by atoms with Crippen molar-refractivity contribution in [1.29, 1.82) is 0 Å². The van der Waals surface area contributed by atoms with Gasteiger partial charge in [0, 0.05) is 0 Å². The van der Waals surface area contributed by atoms with Crippen LogP contribution in [-0.4, -0.2) is 5.75 Å². The third-order valence-electron chi connectivity index (χ3n) is 1.74. The van der Waals surface area contributed by atoms with Crippen LogP contribution >= 0.6 is 24.2 Å². The molecular formula is C9H8ClF3S. The molecule has 0 unspecified atom stereocenters. The molecule has 0 bridgehead atoms. The zero-order valence-corrected chi connectivity index (χ0v) is 8.76. The molecule has 0 aliphatic rings. The van der Waals surface area contributed by atoms with Crippen molar-refractivity contribution in [2.24, 2.45) is 0 Å². The molecule has 0 amide bonds. The van der Waals surface area contributed by atoms with Gasteiger partial charge in [-0.15, -0.1) is 0 Å². The van der Waals surface area contributed by atoms with Crippen molar-refractivity contribution in [3.05, 3.63) is 34.3 Å². The van der Waals surface area contributed by atoms with Crippen molar-refractivity contribution in [3.8, 4) is 0 Å². The van der Waals surface area contributed by atoms with Gasteiger partial charge in [0.2, 0.25) is 0 Å². The van der Waals surface area contributed by atoms with E-state index >= 15 is 0 Å². The first-order chi connectivity index (χ1) is 6.45. The van der Waals surface area contributed by atoms with E-state index in [4.69, 9.17) is 11.6 Å². The summed E-state index contributed by atoms with van der Waals surface area (Å²) < 4.78 is 36.8. The lowest BCUT2D eigenvalue weighted by molar-refractivity contribution is -0.137. The van der Waals surface area contributed by atoms with Crippen molar-refractivity contribution >= 4 is 24.2 Å². The number of rotatable bonds is 2. The quantitative estimate of drug-likeness (QED) is 0.747. The van der Waals surface area contributed by atoms with Gasteiger partial charge in [-0.3, -0.25) is 0 Å². The molecule has 1 aromatic rings. The Balaban J connectivity index is 3.02. The summed E-state index contributed by atoms with van der Waals surface area (Å²) in [5, 5.41) is -0.253. The van der Waals surface area contributed by atoms with E-state index < -0.39 is 11.7 Å². The van der Waals surface area contributed by atoms with Gasteiger partial charge < -0.3 is 0 Å². The summed E-state index contributed by atoms with van der Waals surface area (Å²) in [6.45, 7) is 0. The van der Waals surface area contributed by atoms with Crippen LogP contribution in [0.25, 0.3) is 0 Å². The van der Waals surface area contributed by atoms with Crippen LogP contribution in [-0.2, 0) is 12.6 Å². The standard InChI is InChI=1S/C9H8ClF3S/c10-8-5-6(3-4-14)1-2-7(8)9(11,12)13/h1-2,5,14H,3-4H2. The lowest BCUT2D eigenvalue weighted by atomic mass is 10.1. The van der Waals surface area contributed by atoms with Crippen LogP contribution in [0.2, 0.25) is 5.02 Å². The Kier molecular flexibility index (Phi) is 3.72. The molecule has 0 aliphatic carbocycles. The predicted molar refractivity (Wildman–Crippen MR) is 54.0 cm³/mol. The van der Waals surface area contributed by atoms with E-state index in [-0.39, 0.29) is 5.02 Å². The summed E-state index contributed by atoms with van der Waals surface area (Å²) >= 11 is 9.49. The van der Waals surface area contributed by atoms with Crippen LogP contribution < -0.4 is 0 Å². The van der Waals surface area contributed by atoms with Crippen molar-refractivity contribution in [1.82, 2.24) is 0 Å². The van der Waals surface area contributed by atoms with Gasteiger partial charge in [0.05, 0.1) is 10.6 Å². The Labute approximate surface area is 90.5 Å². The third-order valence-corrected chi connectivity index (χ3v) is 2.28. The van der Waals surface area contributed by atoms with Crippen molar-refractivity contribution in [3.63, 3.8) is 0 Å². The Morgan fingerprint density at radius 3 is 2.36 bits per heavy atom. The lowest BCUT2D eigenvalue weighted by Crippen LogP contribution is -2.06. The normalized spacial score (nSPS) is 11.8. The zero-order valence-electron chi connectivity index (χ0n) is 7.11. The minimum atomic E-state index is -4.38. The number of alkyl halides is 3. The lowest BCUT2D eigenvalue weighted by Gasteiger charge is -2.09. The Morgan fingerprint density at radius 2 is 1.93 bits per heavy atom. The summed E-state index contributed by atoms with van der Waals surface area (Å²) in [6, 6.07) is 3.76. The molecule has 14 heavy (non-hydrogen) atoms. The number of thiol groups is 1. The van der Waals surface area contributed by atoms with Gasteiger partial charge in [0.15, 0.2) is 0 Å². The largest absolute Gasteiger partial charge is 0.417 e. The van der Waals surface area contributed by atoms with E-state index in [2.05, 4.69) is 12.6 Å². The van der Waals surface area contributed by atoms with Gasteiger partial charge in [0.1, 0.15) is 0 Å². The molecule has 1 rings (SSSR count). The summed E-state index contributed by atoms with van der Waals surface area (Å²) in [5.74, 6) is 0.585. The van der Waals surface area contributed by atoms with Crippen LogP contribution in [0.4, 0.5) is 13.2 Å². The number of halogens is 4. The van der Waals surface area contributed by atoms with Gasteiger partial charge >= 0.3 is 6.18 Å². The Hall–Kier alpha value is -0.350. The minimum Gasteiger partial charge on any atom is -0.179 e. The molecule has 1 aromatic carbocycles. The average Bonchev–Trinajstić information content (AvgIpc) is 2.02. The van der Waals surface area contributed by atoms with Crippen molar-refractivity contribution in [2.45, 2.75) is 12.6 Å². The molecule has 78 valence electrons. The summed E-state index contributed by atoms with van der Waals surface area (Å²) in [4.78, 5) is 0. The molecule has 0 saturated carbocycles. The van der Waals surface area contributed by atoms with E-state index in [0.717, 1.165) is 11.6 Å². The smallest absolute Gasteiger partial charge is 0.179 e. The van der Waals surface area contributed by atoms with E-state index in [1.165, 1.54) is 12.1 Å². The van der Waals surface area contributed by atoms with Gasteiger partial charge in [0.25, 0.3) is 0 Å². The minimum absolute atomic E-state index is 0.253. The van der Waals surface area contributed by atoms with Gasteiger partial charge in [-0.2, -0.15) is 25.8 Å². The van der Waals surface area contributed by atoms with Crippen molar-refractivity contribution in [2.75, 3.05) is 5.75 Å². The molecule has 5 heteroatoms. The number of aryl methyl sites for hydroxylation is 1. The first kappa shape index (κ1) is 11.7. The highest BCUT2D eigenvalue weighted by Crippen LogP contribution is 2.34. The molecule has 0 nitrogen and oxygen atoms in total. The van der Waals surface area contributed by atoms with Gasteiger partial charge in [-0.25, -0.2) is 0 Å². The number of hydrogen-bond donors (Lipinski definition) is 1. The molecule has 0 aliphatic heterocycles. The first-order valence-corrected chi connectivity index (χ1v) is 4.92. The fourth-order valence-electron chi connectivity index (χ4n) is 1.07. The summed E-state index contributed by atoms with van der Waals surface area (Å²) in [5.41, 5.74) is -0.0277. The fraction of sp³-hybridized carbons (Fsp3) is 0.333. The molecular weight excluding hydrogens is 233 g/mol. The molecule has 0 aromatic heterocycles. The topological polar surface area (TPSA) is 0 Å². The number of hydrogen-bond acceptors (Lipinski definition) is 1. The van der Waals surface area contributed by atoms with Gasteiger partial charge in [-0.05, 0) is 29.9 Å². The summed E-state index contributed by atoms with van der Waals surface area (Å²) in [6.07, 6.45) is -3.77. The second-order valence-corrected chi connectivity index (χ2v) is 3.64.